The summed E-state index contributed by atoms with van der Waals surface area (Å²) in [4.78, 5) is 19.5. The van der Waals surface area contributed by atoms with Crippen LogP contribution in [-0.2, 0) is 23.7 Å². The minimum Gasteiger partial charge on any atom is -0.378 e. The minimum absolute atomic E-state index is 0.0372. The van der Waals surface area contributed by atoms with Crippen LogP contribution >= 0.6 is 0 Å². The van der Waals surface area contributed by atoms with Gasteiger partial charge >= 0.3 is 0 Å². The molecule has 344 valence electrons. The quantitative estimate of drug-likeness (QED) is 0.0396. The lowest BCUT2D eigenvalue weighted by Crippen LogP contribution is -2.31. The van der Waals surface area contributed by atoms with Crippen molar-refractivity contribution in [3.63, 3.8) is 0 Å². The molecule has 0 saturated carbocycles. The Morgan fingerprint density at radius 1 is 0.542 bits per heavy atom. The second-order valence-corrected chi connectivity index (χ2v) is 16.9. The van der Waals surface area contributed by atoms with Crippen LogP contribution in [0.4, 0.5) is 5.69 Å². The fourth-order valence-electron chi connectivity index (χ4n) is 7.13. The number of nitrogens with one attached hydrogen (secondary N) is 1. The summed E-state index contributed by atoms with van der Waals surface area (Å²) in [6.45, 7) is 18.0. The summed E-state index contributed by atoms with van der Waals surface area (Å²) in [5, 5.41) is 3.04. The van der Waals surface area contributed by atoms with Crippen molar-refractivity contribution in [3.05, 3.63) is 35.9 Å². The first kappa shape index (κ1) is 55.0. The highest BCUT2D eigenvalue weighted by Gasteiger charge is 2.08. The van der Waals surface area contributed by atoms with E-state index in [1.54, 1.807) is 6.08 Å². The second kappa shape index (κ2) is 40.1. The Morgan fingerprint density at radius 3 is 1.41 bits per heavy atom. The standard InChI is InChI=1S/C50H94N4O5/c1-8-10-12-14-18-24-42-56-46(3)58-44-26-20-16-22-39-54(40-23-17-21-27-45-59-47(4)57-43-25-19-15-13-11-9-2)41-29-38-53(7)37-28-36-51-50(55)35-32-48-30-33-49(34-31-48)52(5)6/h30-35,46-47H,8-29,36-45H2,1-7H3,(H,51,55)/b35-32+. The van der Waals surface area contributed by atoms with Crippen molar-refractivity contribution in [2.75, 3.05) is 91.7 Å². The first-order valence-electron chi connectivity index (χ1n) is 24.4. The van der Waals surface area contributed by atoms with Crippen LogP contribution in [0.5, 0.6) is 0 Å². The summed E-state index contributed by atoms with van der Waals surface area (Å²) in [6.07, 6.45) is 30.4. The van der Waals surface area contributed by atoms with Crippen LogP contribution in [0.3, 0.4) is 0 Å². The van der Waals surface area contributed by atoms with Crippen LogP contribution < -0.4 is 10.2 Å². The number of benzene rings is 1. The molecule has 0 saturated heterocycles. The van der Waals surface area contributed by atoms with Crippen molar-refractivity contribution in [2.45, 2.75) is 182 Å². The highest BCUT2D eigenvalue weighted by molar-refractivity contribution is 5.91. The molecule has 0 spiro atoms. The Bertz CT molecular complexity index is 1050. The molecule has 2 unspecified atom stereocenters. The third kappa shape index (κ3) is 35.3. The number of nitrogens with zero attached hydrogens (tertiary/aromatic N) is 3. The molecule has 0 aliphatic heterocycles. The fraction of sp³-hybridized carbons (Fsp3) is 0.820. The molecular formula is C50H94N4O5. The normalized spacial score (nSPS) is 12.9. The number of unbranched alkanes of at least 4 members (excludes halogenated alkanes) is 16. The molecular weight excluding hydrogens is 737 g/mol. The number of carbonyl (C=O) groups is 1. The third-order valence-corrected chi connectivity index (χ3v) is 11.0. The van der Waals surface area contributed by atoms with Gasteiger partial charge in [-0.2, -0.15) is 0 Å². The summed E-state index contributed by atoms with van der Waals surface area (Å²) in [7, 11) is 6.25. The van der Waals surface area contributed by atoms with E-state index in [9.17, 15) is 4.79 Å². The van der Waals surface area contributed by atoms with E-state index in [2.05, 4.69) is 53.0 Å². The summed E-state index contributed by atoms with van der Waals surface area (Å²) >= 11 is 0. The number of ether oxygens (including phenoxy) is 4. The van der Waals surface area contributed by atoms with Crippen molar-refractivity contribution >= 4 is 17.7 Å². The molecule has 2 atom stereocenters. The molecule has 0 fully saturated rings. The molecule has 0 aliphatic carbocycles. The first-order valence-corrected chi connectivity index (χ1v) is 24.4. The molecule has 0 aromatic heterocycles. The van der Waals surface area contributed by atoms with Crippen molar-refractivity contribution in [2.24, 2.45) is 0 Å². The van der Waals surface area contributed by atoms with Gasteiger partial charge < -0.3 is 39.0 Å². The van der Waals surface area contributed by atoms with E-state index in [4.69, 9.17) is 18.9 Å². The first-order chi connectivity index (χ1) is 28.7. The zero-order valence-electron chi connectivity index (χ0n) is 39.6. The number of hydrogen-bond acceptors (Lipinski definition) is 8. The van der Waals surface area contributed by atoms with E-state index in [1.165, 1.54) is 103 Å². The number of anilines is 1. The van der Waals surface area contributed by atoms with Crippen LogP contribution in [-0.4, -0.2) is 115 Å². The molecule has 1 N–H and O–H groups in total. The van der Waals surface area contributed by atoms with E-state index in [-0.39, 0.29) is 18.5 Å². The van der Waals surface area contributed by atoms with Crippen LogP contribution in [0.15, 0.2) is 30.3 Å². The lowest BCUT2D eigenvalue weighted by Gasteiger charge is -2.24. The third-order valence-electron chi connectivity index (χ3n) is 11.0. The smallest absolute Gasteiger partial charge is 0.243 e. The van der Waals surface area contributed by atoms with E-state index < -0.39 is 0 Å². The maximum Gasteiger partial charge on any atom is 0.243 e. The van der Waals surface area contributed by atoms with Crippen LogP contribution in [0, 0.1) is 0 Å². The molecule has 59 heavy (non-hydrogen) atoms. The van der Waals surface area contributed by atoms with Gasteiger partial charge in [-0.3, -0.25) is 4.79 Å². The largest absolute Gasteiger partial charge is 0.378 e. The van der Waals surface area contributed by atoms with Gasteiger partial charge in [0.05, 0.1) is 0 Å². The van der Waals surface area contributed by atoms with E-state index >= 15 is 0 Å². The van der Waals surface area contributed by atoms with Gasteiger partial charge in [-0.15, -0.1) is 0 Å². The second-order valence-electron chi connectivity index (χ2n) is 16.9. The molecule has 9 nitrogen and oxygen atoms in total. The Labute approximate surface area is 364 Å². The summed E-state index contributed by atoms with van der Waals surface area (Å²) in [5.74, 6) is -0.0372. The average Bonchev–Trinajstić information content (AvgIpc) is 3.22. The number of amides is 1. The predicted molar refractivity (Wildman–Crippen MR) is 252 cm³/mol. The number of rotatable bonds is 43. The van der Waals surface area contributed by atoms with Gasteiger partial charge in [-0.1, -0.05) is 116 Å². The monoisotopic (exact) mass is 831 g/mol. The Hall–Kier alpha value is -2.01. The van der Waals surface area contributed by atoms with Gasteiger partial charge in [-0.05, 0) is 129 Å². The average molecular weight is 831 g/mol. The zero-order valence-corrected chi connectivity index (χ0v) is 39.6. The number of hydrogen-bond donors (Lipinski definition) is 1. The molecule has 9 heteroatoms. The molecule has 1 aromatic carbocycles. The maximum atomic E-state index is 12.4. The van der Waals surface area contributed by atoms with Gasteiger partial charge in [0.1, 0.15) is 0 Å². The van der Waals surface area contributed by atoms with Crippen LogP contribution in [0.1, 0.15) is 175 Å². The summed E-state index contributed by atoms with van der Waals surface area (Å²) in [5.41, 5.74) is 2.17. The van der Waals surface area contributed by atoms with Crippen molar-refractivity contribution in [1.29, 1.82) is 0 Å². The molecule has 1 rings (SSSR count). The van der Waals surface area contributed by atoms with Gasteiger partial charge in [0.15, 0.2) is 12.6 Å². The summed E-state index contributed by atoms with van der Waals surface area (Å²) in [6, 6.07) is 8.20. The fourth-order valence-corrected chi connectivity index (χ4v) is 7.13. The molecule has 0 heterocycles. The van der Waals surface area contributed by atoms with Crippen molar-refractivity contribution in [1.82, 2.24) is 15.1 Å². The van der Waals surface area contributed by atoms with Gasteiger partial charge in [-0.25, -0.2) is 0 Å². The van der Waals surface area contributed by atoms with Gasteiger partial charge in [0, 0.05) is 58.8 Å². The molecule has 0 aliphatic rings. The minimum atomic E-state index is -0.101. The highest BCUT2D eigenvalue weighted by Crippen LogP contribution is 2.14. The summed E-state index contributed by atoms with van der Waals surface area (Å²) < 4.78 is 23.6. The predicted octanol–water partition coefficient (Wildman–Crippen LogP) is 11.5. The lowest BCUT2D eigenvalue weighted by molar-refractivity contribution is -0.132. The molecule has 1 aromatic rings. The molecule has 0 bridgehead atoms. The molecule has 1 amide bonds. The van der Waals surface area contributed by atoms with Crippen molar-refractivity contribution < 1.29 is 23.7 Å². The lowest BCUT2D eigenvalue weighted by atomic mass is 10.1. The Kier molecular flexibility index (Phi) is 37.4. The van der Waals surface area contributed by atoms with Crippen LogP contribution in [0.25, 0.3) is 6.08 Å². The van der Waals surface area contributed by atoms with E-state index in [0.717, 1.165) is 109 Å². The van der Waals surface area contributed by atoms with Gasteiger partial charge in [0.25, 0.3) is 0 Å². The van der Waals surface area contributed by atoms with Gasteiger partial charge in [0.2, 0.25) is 5.91 Å². The molecule has 0 radical (unpaired) electrons. The Balaban J connectivity index is 2.31. The Morgan fingerprint density at radius 2 is 0.949 bits per heavy atom. The van der Waals surface area contributed by atoms with Crippen molar-refractivity contribution in [3.8, 4) is 0 Å². The maximum absolute atomic E-state index is 12.4. The van der Waals surface area contributed by atoms with Crippen LogP contribution in [0.2, 0.25) is 0 Å². The number of carbonyl (C=O) groups excluding carboxylic acids is 1. The zero-order chi connectivity index (χ0) is 43.0. The van der Waals surface area contributed by atoms with E-state index in [1.807, 2.05) is 46.2 Å². The topological polar surface area (TPSA) is 75.7 Å². The highest BCUT2D eigenvalue weighted by atomic mass is 16.7. The SMILES string of the molecule is CCCCCCCCOC(C)OCCCCCCN(CCCCCCOC(C)OCCCCCCCC)CCCN(C)CCCNC(=O)/C=C/c1ccc(N(C)C)cc1. The van der Waals surface area contributed by atoms with E-state index in [0.29, 0.717) is 6.54 Å².